The number of hydrogen-bond acceptors (Lipinski definition) is 3. The molecule has 0 aliphatic heterocycles. The summed E-state index contributed by atoms with van der Waals surface area (Å²) < 4.78 is 5.92. The molecular weight excluding hydrogens is 248 g/mol. The topological polar surface area (TPSA) is 29.3 Å². The molecule has 1 saturated carbocycles. The Labute approximate surface area is 117 Å². The lowest BCUT2D eigenvalue weighted by atomic mass is 10.2. The van der Waals surface area contributed by atoms with Crippen molar-refractivity contribution in [3.05, 3.63) is 60.2 Å². The highest BCUT2D eigenvalue weighted by molar-refractivity contribution is 5.74. The summed E-state index contributed by atoms with van der Waals surface area (Å²) in [7, 11) is 0. The number of benzene rings is 2. The molecule has 1 aliphatic rings. The molecule has 0 unspecified atom stereocenters. The summed E-state index contributed by atoms with van der Waals surface area (Å²) in [5, 5.41) is 0. The van der Waals surface area contributed by atoms with Crippen molar-refractivity contribution in [1.29, 1.82) is 0 Å². The number of nitrogens with zero attached hydrogens (tertiary/aromatic N) is 2. The number of anilines is 1. The van der Waals surface area contributed by atoms with Gasteiger partial charge < -0.3 is 9.32 Å². The van der Waals surface area contributed by atoms with E-state index in [9.17, 15) is 0 Å². The van der Waals surface area contributed by atoms with E-state index in [0.717, 1.165) is 23.7 Å². The normalized spacial score (nSPS) is 14.6. The molecule has 2 aromatic carbocycles. The van der Waals surface area contributed by atoms with Crippen LogP contribution in [0.3, 0.4) is 0 Å². The van der Waals surface area contributed by atoms with Gasteiger partial charge in [-0.3, -0.25) is 0 Å². The quantitative estimate of drug-likeness (QED) is 0.713. The van der Waals surface area contributed by atoms with Crippen LogP contribution in [0.15, 0.2) is 59.0 Å². The molecule has 0 bridgehead atoms. The zero-order chi connectivity index (χ0) is 13.4. The highest BCUT2D eigenvalue weighted by atomic mass is 16.4. The van der Waals surface area contributed by atoms with Gasteiger partial charge in [-0.1, -0.05) is 42.5 Å². The Kier molecular flexibility index (Phi) is 2.69. The van der Waals surface area contributed by atoms with Crippen molar-refractivity contribution in [2.24, 2.45) is 0 Å². The van der Waals surface area contributed by atoms with E-state index < -0.39 is 0 Å². The summed E-state index contributed by atoms with van der Waals surface area (Å²) in [6, 6.07) is 19.8. The molecule has 0 saturated heterocycles. The highest BCUT2D eigenvalue weighted by Gasteiger charge is 2.32. The van der Waals surface area contributed by atoms with Crippen LogP contribution in [0.1, 0.15) is 18.4 Å². The van der Waals surface area contributed by atoms with Gasteiger partial charge in [0.15, 0.2) is 5.58 Å². The SMILES string of the molecule is c1ccc(CN(c2nc3ccccc3o2)C2CC2)cc1. The molecule has 0 radical (unpaired) electrons. The second kappa shape index (κ2) is 4.67. The van der Waals surface area contributed by atoms with Crippen LogP contribution in [0.25, 0.3) is 11.1 Å². The highest BCUT2D eigenvalue weighted by Crippen LogP contribution is 2.34. The van der Waals surface area contributed by atoms with Crippen molar-refractivity contribution in [3.63, 3.8) is 0 Å². The van der Waals surface area contributed by atoms with Crippen LogP contribution in [0.2, 0.25) is 0 Å². The molecule has 4 rings (SSSR count). The minimum absolute atomic E-state index is 0.572. The first-order chi connectivity index (χ1) is 9.90. The predicted octanol–water partition coefficient (Wildman–Crippen LogP) is 4.00. The van der Waals surface area contributed by atoms with E-state index >= 15 is 0 Å². The first-order valence-corrected chi connectivity index (χ1v) is 7.06. The van der Waals surface area contributed by atoms with Gasteiger partial charge in [-0.15, -0.1) is 0 Å². The van der Waals surface area contributed by atoms with Crippen LogP contribution in [0.5, 0.6) is 0 Å². The van der Waals surface area contributed by atoms with Crippen LogP contribution >= 0.6 is 0 Å². The molecule has 1 fully saturated rings. The average molecular weight is 264 g/mol. The number of para-hydroxylation sites is 2. The van der Waals surface area contributed by atoms with E-state index in [0.29, 0.717) is 6.04 Å². The lowest BCUT2D eigenvalue weighted by Crippen LogP contribution is -2.25. The van der Waals surface area contributed by atoms with E-state index in [4.69, 9.17) is 4.42 Å². The average Bonchev–Trinajstić information content (AvgIpc) is 3.24. The Morgan fingerprint density at radius 1 is 1.00 bits per heavy atom. The van der Waals surface area contributed by atoms with Gasteiger partial charge in [-0.2, -0.15) is 4.98 Å². The molecule has 0 spiro atoms. The molecule has 3 aromatic rings. The van der Waals surface area contributed by atoms with Crippen LogP contribution in [-0.4, -0.2) is 11.0 Å². The van der Waals surface area contributed by atoms with Crippen LogP contribution in [0.4, 0.5) is 6.01 Å². The molecule has 0 N–H and O–H groups in total. The lowest BCUT2D eigenvalue weighted by Gasteiger charge is -2.20. The predicted molar refractivity (Wildman–Crippen MR) is 79.7 cm³/mol. The lowest BCUT2D eigenvalue weighted by molar-refractivity contribution is 0.561. The van der Waals surface area contributed by atoms with Gasteiger partial charge in [0.2, 0.25) is 0 Å². The van der Waals surface area contributed by atoms with Crippen molar-refractivity contribution in [2.45, 2.75) is 25.4 Å². The zero-order valence-electron chi connectivity index (χ0n) is 11.2. The fraction of sp³-hybridized carbons (Fsp3) is 0.235. The number of aromatic nitrogens is 1. The van der Waals surface area contributed by atoms with Gasteiger partial charge in [0.1, 0.15) is 5.52 Å². The van der Waals surface area contributed by atoms with Crippen molar-refractivity contribution in [1.82, 2.24) is 4.98 Å². The second-order valence-electron chi connectivity index (χ2n) is 5.31. The number of hydrogen-bond donors (Lipinski definition) is 0. The molecule has 3 nitrogen and oxygen atoms in total. The largest absolute Gasteiger partial charge is 0.423 e. The minimum Gasteiger partial charge on any atom is -0.423 e. The monoisotopic (exact) mass is 264 g/mol. The number of oxazole rings is 1. The van der Waals surface area contributed by atoms with E-state index in [1.807, 2.05) is 30.3 Å². The third kappa shape index (κ3) is 2.16. The van der Waals surface area contributed by atoms with Crippen LogP contribution in [-0.2, 0) is 6.54 Å². The molecule has 1 aromatic heterocycles. The fourth-order valence-corrected chi connectivity index (χ4v) is 2.50. The van der Waals surface area contributed by atoms with Crippen molar-refractivity contribution in [2.75, 3.05) is 4.90 Å². The number of fused-ring (bicyclic) bond motifs is 1. The molecule has 0 amide bonds. The van der Waals surface area contributed by atoms with E-state index in [-0.39, 0.29) is 0 Å². The van der Waals surface area contributed by atoms with E-state index in [1.165, 1.54) is 18.4 Å². The first-order valence-electron chi connectivity index (χ1n) is 7.06. The maximum Gasteiger partial charge on any atom is 0.298 e. The number of rotatable bonds is 4. The Morgan fingerprint density at radius 3 is 2.50 bits per heavy atom. The molecule has 1 heterocycles. The molecule has 0 atom stereocenters. The zero-order valence-corrected chi connectivity index (χ0v) is 11.2. The van der Waals surface area contributed by atoms with Gasteiger partial charge in [0.05, 0.1) is 0 Å². The van der Waals surface area contributed by atoms with Gasteiger partial charge in [-0.25, -0.2) is 0 Å². The Morgan fingerprint density at radius 2 is 1.75 bits per heavy atom. The van der Waals surface area contributed by atoms with Gasteiger partial charge in [0.25, 0.3) is 6.01 Å². The van der Waals surface area contributed by atoms with Crippen molar-refractivity contribution in [3.8, 4) is 0 Å². The van der Waals surface area contributed by atoms with E-state index in [1.54, 1.807) is 0 Å². The second-order valence-corrected chi connectivity index (χ2v) is 5.31. The summed E-state index contributed by atoms with van der Waals surface area (Å²) >= 11 is 0. The van der Waals surface area contributed by atoms with Gasteiger partial charge in [-0.05, 0) is 30.5 Å². The Balaban J connectivity index is 1.68. The van der Waals surface area contributed by atoms with Crippen molar-refractivity contribution < 1.29 is 4.42 Å². The summed E-state index contributed by atoms with van der Waals surface area (Å²) in [5.41, 5.74) is 3.09. The summed E-state index contributed by atoms with van der Waals surface area (Å²) in [6.07, 6.45) is 2.46. The fourth-order valence-electron chi connectivity index (χ4n) is 2.50. The molecule has 1 aliphatic carbocycles. The van der Waals surface area contributed by atoms with Crippen molar-refractivity contribution >= 4 is 17.1 Å². The standard InChI is InChI=1S/C17H16N2O/c1-2-6-13(7-3-1)12-19(14-10-11-14)17-18-15-8-4-5-9-16(15)20-17/h1-9,14H,10-12H2. The third-order valence-corrected chi connectivity index (χ3v) is 3.71. The smallest absolute Gasteiger partial charge is 0.298 e. The summed E-state index contributed by atoms with van der Waals surface area (Å²) in [6.45, 7) is 0.859. The third-order valence-electron chi connectivity index (χ3n) is 3.71. The maximum atomic E-state index is 5.92. The van der Waals surface area contributed by atoms with E-state index in [2.05, 4.69) is 34.1 Å². The van der Waals surface area contributed by atoms with Gasteiger partial charge in [0, 0.05) is 12.6 Å². The molecule has 20 heavy (non-hydrogen) atoms. The Bertz CT molecular complexity index is 683. The van der Waals surface area contributed by atoms with Crippen LogP contribution in [0, 0.1) is 0 Å². The minimum atomic E-state index is 0.572. The molecular formula is C17H16N2O. The summed E-state index contributed by atoms with van der Waals surface area (Å²) in [5.74, 6) is 0. The van der Waals surface area contributed by atoms with Gasteiger partial charge >= 0.3 is 0 Å². The maximum absolute atomic E-state index is 5.92. The van der Waals surface area contributed by atoms with Crippen LogP contribution < -0.4 is 4.90 Å². The summed E-state index contributed by atoms with van der Waals surface area (Å²) in [4.78, 5) is 6.92. The molecule has 3 heteroatoms. The first kappa shape index (κ1) is 11.5. The molecule has 100 valence electrons. The Hall–Kier alpha value is -2.29.